The molecule has 0 bridgehead atoms. The molecule has 3 fully saturated rings. The van der Waals surface area contributed by atoms with Crippen molar-refractivity contribution < 1.29 is 9.53 Å². The number of hydrogen-bond acceptors (Lipinski definition) is 5. The molecule has 3 aliphatic rings. The van der Waals surface area contributed by atoms with Crippen LogP contribution in [0.2, 0.25) is 0 Å². The second-order valence-electron chi connectivity index (χ2n) is 7.44. The first-order valence-electron chi connectivity index (χ1n) is 8.12. The number of nitrogens with one attached hydrogen (secondary N) is 1. The van der Waals surface area contributed by atoms with Crippen molar-refractivity contribution >= 4 is 22.4 Å². The number of thiazole rings is 1. The van der Waals surface area contributed by atoms with Crippen LogP contribution >= 0.6 is 11.3 Å². The van der Waals surface area contributed by atoms with Gasteiger partial charge in [-0.2, -0.15) is 0 Å². The maximum Gasteiger partial charge on any atom is 0.247 e. The quantitative estimate of drug-likeness (QED) is 0.896. The Labute approximate surface area is 134 Å². The molecule has 3 unspecified atom stereocenters. The molecule has 0 spiro atoms. The average Bonchev–Trinajstić information content (AvgIpc) is 3.26. The van der Waals surface area contributed by atoms with E-state index in [1.54, 1.807) is 0 Å². The molecule has 120 valence electrons. The van der Waals surface area contributed by atoms with E-state index in [9.17, 15) is 4.79 Å². The van der Waals surface area contributed by atoms with Gasteiger partial charge in [-0.25, -0.2) is 4.98 Å². The molecule has 2 saturated carbocycles. The summed E-state index contributed by atoms with van der Waals surface area (Å²) in [6.45, 7) is 4.85. The highest BCUT2D eigenvalue weighted by Gasteiger charge is 2.70. The van der Waals surface area contributed by atoms with Gasteiger partial charge in [0.2, 0.25) is 5.91 Å². The molecule has 0 aromatic carbocycles. The number of carbonyl (C=O) groups excluding carboxylic acids is 1. The van der Waals surface area contributed by atoms with Gasteiger partial charge in [-0.3, -0.25) is 4.79 Å². The van der Waals surface area contributed by atoms with Crippen LogP contribution in [0.1, 0.15) is 51.1 Å². The number of nitrogens with zero attached hydrogens (tertiary/aromatic N) is 1. The number of anilines is 1. The Hall–Kier alpha value is -0.980. The van der Waals surface area contributed by atoms with E-state index < -0.39 is 5.54 Å². The summed E-state index contributed by atoms with van der Waals surface area (Å²) in [7, 11) is 0. The largest absolute Gasteiger partial charge is 0.377 e. The van der Waals surface area contributed by atoms with Crippen LogP contribution in [0.25, 0.3) is 0 Å². The molecule has 3 N–H and O–H groups in total. The maximum absolute atomic E-state index is 12.9. The molecule has 1 aromatic heterocycles. The molecule has 2 aliphatic carbocycles. The van der Waals surface area contributed by atoms with Gasteiger partial charge in [0.05, 0.1) is 11.8 Å². The number of amides is 1. The zero-order valence-electron chi connectivity index (χ0n) is 13.1. The molecular weight excluding hydrogens is 298 g/mol. The lowest BCUT2D eigenvalue weighted by molar-refractivity contribution is -0.222. The number of carbonyl (C=O) groups is 1. The van der Waals surface area contributed by atoms with E-state index in [4.69, 9.17) is 10.5 Å². The van der Waals surface area contributed by atoms with Gasteiger partial charge in [-0.15, -0.1) is 11.3 Å². The highest BCUT2D eigenvalue weighted by Crippen LogP contribution is 2.57. The van der Waals surface area contributed by atoms with Crippen LogP contribution in [0.5, 0.6) is 0 Å². The van der Waals surface area contributed by atoms with Crippen LogP contribution in [0.15, 0.2) is 5.38 Å². The number of aromatic nitrogens is 1. The van der Waals surface area contributed by atoms with Gasteiger partial charge in [0.25, 0.3) is 0 Å². The molecule has 6 heteroatoms. The Kier molecular flexibility index (Phi) is 3.16. The molecule has 22 heavy (non-hydrogen) atoms. The van der Waals surface area contributed by atoms with Crippen molar-refractivity contribution in [2.75, 3.05) is 11.9 Å². The van der Waals surface area contributed by atoms with E-state index in [1.807, 2.05) is 13.8 Å². The van der Waals surface area contributed by atoms with E-state index in [1.165, 1.54) is 24.2 Å². The van der Waals surface area contributed by atoms with Gasteiger partial charge >= 0.3 is 0 Å². The Morgan fingerprint density at radius 3 is 2.95 bits per heavy atom. The monoisotopic (exact) mass is 321 g/mol. The highest BCUT2D eigenvalue weighted by atomic mass is 32.1. The second kappa shape index (κ2) is 4.76. The smallest absolute Gasteiger partial charge is 0.247 e. The van der Waals surface area contributed by atoms with Crippen LogP contribution in [0.4, 0.5) is 5.13 Å². The van der Waals surface area contributed by atoms with Gasteiger partial charge in [-0.05, 0) is 25.7 Å². The van der Waals surface area contributed by atoms with E-state index in [-0.39, 0.29) is 23.3 Å². The minimum absolute atomic E-state index is 0.0929. The first-order valence-corrected chi connectivity index (χ1v) is 9.00. The molecule has 3 atom stereocenters. The summed E-state index contributed by atoms with van der Waals surface area (Å²) in [5.74, 6) is 0.602. The van der Waals surface area contributed by atoms with Crippen molar-refractivity contribution in [3.63, 3.8) is 0 Å². The second-order valence-corrected chi connectivity index (χ2v) is 8.29. The van der Waals surface area contributed by atoms with Crippen LogP contribution in [-0.4, -0.2) is 29.1 Å². The van der Waals surface area contributed by atoms with Gasteiger partial charge in [0, 0.05) is 29.2 Å². The summed E-state index contributed by atoms with van der Waals surface area (Å²) in [6, 6.07) is 0. The zero-order valence-corrected chi connectivity index (χ0v) is 13.9. The van der Waals surface area contributed by atoms with Crippen molar-refractivity contribution in [2.45, 2.75) is 57.1 Å². The number of nitrogens with two attached hydrogens (primary N) is 1. The summed E-state index contributed by atoms with van der Waals surface area (Å²) in [4.78, 5) is 17.4. The number of hydrogen-bond donors (Lipinski definition) is 2. The van der Waals surface area contributed by atoms with E-state index in [0.717, 1.165) is 25.1 Å². The van der Waals surface area contributed by atoms with E-state index in [0.29, 0.717) is 11.0 Å². The number of ether oxygens (including phenoxy) is 1. The normalized spacial score (nSPS) is 36.3. The third kappa shape index (κ3) is 1.90. The fraction of sp³-hybridized carbons (Fsp3) is 0.750. The lowest BCUT2D eigenvalue weighted by Crippen LogP contribution is -2.81. The van der Waals surface area contributed by atoms with Crippen LogP contribution in [0.3, 0.4) is 0 Å². The highest BCUT2D eigenvalue weighted by molar-refractivity contribution is 7.14. The fourth-order valence-electron chi connectivity index (χ4n) is 4.15. The number of rotatable bonds is 3. The maximum atomic E-state index is 12.9. The van der Waals surface area contributed by atoms with Crippen molar-refractivity contribution in [1.29, 1.82) is 0 Å². The topological polar surface area (TPSA) is 77.2 Å². The Balaban J connectivity index is 1.52. The molecule has 2 heterocycles. The van der Waals surface area contributed by atoms with Crippen molar-refractivity contribution in [3.05, 3.63) is 11.1 Å². The summed E-state index contributed by atoms with van der Waals surface area (Å²) in [6.07, 6.45) is 4.46. The Morgan fingerprint density at radius 1 is 1.45 bits per heavy atom. The zero-order chi connectivity index (χ0) is 15.5. The third-order valence-corrected chi connectivity index (χ3v) is 6.57. The molecule has 4 rings (SSSR count). The summed E-state index contributed by atoms with van der Waals surface area (Å²) in [5, 5.41) is 5.69. The molecular formula is C16H23N3O2S. The van der Waals surface area contributed by atoms with Crippen LogP contribution in [-0.2, 0) is 9.53 Å². The van der Waals surface area contributed by atoms with Crippen molar-refractivity contribution in [1.82, 2.24) is 4.98 Å². The number of fused-ring (bicyclic) bond motifs is 1. The van der Waals surface area contributed by atoms with Crippen molar-refractivity contribution in [3.8, 4) is 0 Å². The van der Waals surface area contributed by atoms with Crippen molar-refractivity contribution in [2.24, 2.45) is 17.1 Å². The lowest BCUT2D eigenvalue weighted by atomic mass is 9.46. The molecule has 5 nitrogen and oxygen atoms in total. The fourth-order valence-corrected chi connectivity index (χ4v) is 4.93. The summed E-state index contributed by atoms with van der Waals surface area (Å²) >= 11 is 1.50. The SMILES string of the molecule is CC1(C)C2OCCCC2C1(N)C(=O)Nc1nc(C2CC2)cs1. The Morgan fingerprint density at radius 2 is 2.23 bits per heavy atom. The molecule has 1 saturated heterocycles. The minimum atomic E-state index is -0.872. The molecule has 1 amide bonds. The summed E-state index contributed by atoms with van der Waals surface area (Å²) < 4.78 is 5.86. The molecule has 1 aromatic rings. The predicted octanol–water partition coefficient (Wildman–Crippen LogP) is 2.49. The van der Waals surface area contributed by atoms with Gasteiger partial charge in [-0.1, -0.05) is 13.8 Å². The van der Waals surface area contributed by atoms with E-state index in [2.05, 4.69) is 15.7 Å². The first kappa shape index (κ1) is 14.6. The van der Waals surface area contributed by atoms with E-state index >= 15 is 0 Å². The van der Waals surface area contributed by atoms with Gasteiger partial charge in [0.15, 0.2) is 5.13 Å². The van der Waals surface area contributed by atoms with Gasteiger partial charge < -0.3 is 15.8 Å². The first-order chi connectivity index (χ1) is 10.4. The van der Waals surface area contributed by atoms with Crippen LogP contribution in [0, 0.1) is 11.3 Å². The van der Waals surface area contributed by atoms with Gasteiger partial charge in [0.1, 0.15) is 5.54 Å². The van der Waals surface area contributed by atoms with Crippen LogP contribution < -0.4 is 11.1 Å². The predicted molar refractivity (Wildman–Crippen MR) is 85.9 cm³/mol. The Bertz CT molecular complexity index is 610. The molecule has 1 aliphatic heterocycles. The molecule has 0 radical (unpaired) electrons. The average molecular weight is 321 g/mol. The third-order valence-electron chi connectivity index (χ3n) is 5.80. The summed E-state index contributed by atoms with van der Waals surface area (Å²) in [5.41, 5.74) is 6.48. The lowest BCUT2D eigenvalue weighted by Gasteiger charge is -2.64. The minimum Gasteiger partial charge on any atom is -0.377 e. The standard InChI is InChI=1S/C16H23N3O2S/c1-15(2)12-10(4-3-7-21-12)16(15,17)13(20)19-14-18-11(8-22-14)9-5-6-9/h8-10,12H,3-7,17H2,1-2H3,(H,18,19,20).